The number of rotatable bonds is 7. The molecular weight excluding hydrogens is 324 g/mol. The summed E-state index contributed by atoms with van der Waals surface area (Å²) < 4.78 is 4.79. The molecule has 2 rings (SSSR count). The maximum Gasteiger partial charge on any atom is 0.328 e. The highest BCUT2D eigenvalue weighted by Gasteiger charge is 2.22. The lowest BCUT2D eigenvalue weighted by molar-refractivity contribution is -0.144. The fourth-order valence-corrected chi connectivity index (χ4v) is 2.96. The van der Waals surface area contributed by atoms with Crippen molar-refractivity contribution < 1.29 is 14.3 Å². The van der Waals surface area contributed by atoms with E-state index in [4.69, 9.17) is 10.5 Å². The average Bonchev–Trinajstić information content (AvgIpc) is 2.60. The van der Waals surface area contributed by atoms with Crippen LogP contribution in [0.5, 0.6) is 0 Å². The van der Waals surface area contributed by atoms with Crippen molar-refractivity contribution in [3.8, 4) is 0 Å². The number of methoxy groups -OCH3 is 1. The molecule has 0 saturated heterocycles. The summed E-state index contributed by atoms with van der Waals surface area (Å²) in [5, 5.41) is 2.73. The number of hydrogen-bond acceptors (Lipinski definition) is 5. The lowest BCUT2D eigenvalue weighted by Gasteiger charge is -2.16. The van der Waals surface area contributed by atoms with Crippen molar-refractivity contribution in [2.45, 2.75) is 17.4 Å². The Morgan fingerprint density at radius 3 is 2.46 bits per heavy atom. The van der Waals surface area contributed by atoms with Gasteiger partial charge in [0.2, 0.25) is 5.91 Å². The van der Waals surface area contributed by atoms with E-state index in [2.05, 4.69) is 5.32 Å². The quantitative estimate of drug-likeness (QED) is 0.457. The Kier molecular flexibility index (Phi) is 6.69. The second-order valence-corrected chi connectivity index (χ2v) is 6.18. The molecular formula is C18H20N2O3S. The monoisotopic (exact) mass is 344 g/mol. The molecule has 0 aliphatic heterocycles. The van der Waals surface area contributed by atoms with E-state index in [-0.39, 0.29) is 11.7 Å². The fraction of sp³-hybridized carbons (Fsp3) is 0.222. The van der Waals surface area contributed by atoms with E-state index in [0.717, 1.165) is 10.5 Å². The van der Waals surface area contributed by atoms with Crippen molar-refractivity contribution in [1.82, 2.24) is 5.32 Å². The van der Waals surface area contributed by atoms with Crippen LogP contribution in [-0.2, 0) is 20.7 Å². The van der Waals surface area contributed by atoms with E-state index in [1.165, 1.54) is 18.9 Å². The molecule has 3 N–H and O–H groups in total. The maximum absolute atomic E-state index is 12.2. The molecule has 0 aliphatic rings. The Hall–Kier alpha value is -2.47. The first-order valence-corrected chi connectivity index (χ1v) is 8.47. The number of carbonyl (C=O) groups excluding carboxylic acids is 2. The van der Waals surface area contributed by atoms with Crippen LogP contribution < -0.4 is 11.1 Å². The van der Waals surface area contributed by atoms with Gasteiger partial charge in [0.1, 0.15) is 6.04 Å². The number of benzene rings is 2. The summed E-state index contributed by atoms with van der Waals surface area (Å²) in [5.41, 5.74) is 7.43. The molecule has 1 atom stereocenters. The second kappa shape index (κ2) is 8.98. The third kappa shape index (κ3) is 5.31. The lowest BCUT2D eigenvalue weighted by Crippen LogP contribution is -2.43. The van der Waals surface area contributed by atoms with Gasteiger partial charge in [-0.1, -0.05) is 42.5 Å². The molecule has 0 aromatic heterocycles. The van der Waals surface area contributed by atoms with Gasteiger partial charge in [0.05, 0.1) is 12.9 Å². The van der Waals surface area contributed by atoms with Gasteiger partial charge in [0, 0.05) is 17.0 Å². The topological polar surface area (TPSA) is 81.4 Å². The van der Waals surface area contributed by atoms with E-state index in [0.29, 0.717) is 12.1 Å². The Morgan fingerprint density at radius 2 is 1.79 bits per heavy atom. The minimum atomic E-state index is -0.710. The summed E-state index contributed by atoms with van der Waals surface area (Å²) in [6.45, 7) is 0. The first kappa shape index (κ1) is 17.9. The van der Waals surface area contributed by atoms with E-state index < -0.39 is 12.0 Å². The zero-order chi connectivity index (χ0) is 17.4. The Labute approximate surface area is 145 Å². The third-order valence-corrected chi connectivity index (χ3v) is 4.47. The highest BCUT2D eigenvalue weighted by atomic mass is 32.2. The highest BCUT2D eigenvalue weighted by molar-refractivity contribution is 8.00. The number of nitrogens with one attached hydrogen (secondary N) is 1. The number of amides is 1. The number of nitrogens with two attached hydrogens (primary N) is 1. The summed E-state index contributed by atoms with van der Waals surface area (Å²) >= 11 is 1.33. The summed E-state index contributed by atoms with van der Waals surface area (Å²) in [4.78, 5) is 24.9. The molecule has 1 amide bonds. The summed E-state index contributed by atoms with van der Waals surface area (Å²) in [6.07, 6.45) is 0.386. The summed E-state index contributed by atoms with van der Waals surface area (Å²) in [7, 11) is 1.31. The molecule has 126 valence electrons. The van der Waals surface area contributed by atoms with Crippen molar-refractivity contribution in [3.05, 3.63) is 60.2 Å². The molecule has 0 fully saturated rings. The third-order valence-electron chi connectivity index (χ3n) is 3.38. The minimum Gasteiger partial charge on any atom is -0.467 e. The predicted octanol–water partition coefficient (Wildman–Crippen LogP) is 2.26. The number of hydrogen-bond donors (Lipinski definition) is 2. The largest absolute Gasteiger partial charge is 0.467 e. The lowest BCUT2D eigenvalue weighted by atomic mass is 10.1. The maximum atomic E-state index is 12.2. The number of anilines is 1. The van der Waals surface area contributed by atoms with E-state index in [1.54, 1.807) is 6.07 Å². The molecule has 0 spiro atoms. The van der Waals surface area contributed by atoms with Crippen LogP contribution in [0.15, 0.2) is 59.5 Å². The fourth-order valence-electron chi connectivity index (χ4n) is 2.18. The van der Waals surface area contributed by atoms with Gasteiger partial charge in [0.25, 0.3) is 0 Å². The van der Waals surface area contributed by atoms with Gasteiger partial charge in [-0.3, -0.25) is 4.79 Å². The van der Waals surface area contributed by atoms with E-state index >= 15 is 0 Å². The predicted molar refractivity (Wildman–Crippen MR) is 95.7 cm³/mol. The van der Waals surface area contributed by atoms with Gasteiger partial charge in [0.15, 0.2) is 0 Å². The van der Waals surface area contributed by atoms with E-state index in [1.807, 2.05) is 48.5 Å². The number of esters is 1. The molecule has 0 radical (unpaired) electrons. The standard InChI is InChI=1S/C18H20N2O3S/c1-23-18(22)15(11-13-7-3-2-4-8-13)20-17(21)12-24-16-10-6-5-9-14(16)19/h2-10,15H,11-12,19H2,1H3,(H,20,21)/t15-/m1/s1. The molecule has 0 unspecified atom stereocenters. The van der Waals surface area contributed by atoms with Crippen LogP contribution in [0.1, 0.15) is 5.56 Å². The van der Waals surface area contributed by atoms with Gasteiger partial charge < -0.3 is 15.8 Å². The molecule has 0 aliphatic carbocycles. The van der Waals surface area contributed by atoms with Crippen LogP contribution in [0.2, 0.25) is 0 Å². The van der Waals surface area contributed by atoms with Crippen LogP contribution in [0.4, 0.5) is 5.69 Å². The van der Waals surface area contributed by atoms with Gasteiger partial charge >= 0.3 is 5.97 Å². The van der Waals surface area contributed by atoms with Crippen molar-refractivity contribution >= 4 is 29.3 Å². The Balaban J connectivity index is 1.94. The highest BCUT2D eigenvalue weighted by Crippen LogP contribution is 2.23. The molecule has 5 nitrogen and oxygen atoms in total. The zero-order valence-corrected chi connectivity index (χ0v) is 14.2. The Bertz CT molecular complexity index is 692. The zero-order valence-electron chi connectivity index (χ0n) is 13.4. The smallest absolute Gasteiger partial charge is 0.328 e. The van der Waals surface area contributed by atoms with Gasteiger partial charge in [-0.15, -0.1) is 11.8 Å². The molecule has 0 heterocycles. The van der Waals surface area contributed by atoms with E-state index in [9.17, 15) is 9.59 Å². The van der Waals surface area contributed by atoms with Crippen molar-refractivity contribution in [3.63, 3.8) is 0 Å². The second-order valence-electron chi connectivity index (χ2n) is 5.16. The number of para-hydroxylation sites is 1. The number of ether oxygens (including phenoxy) is 1. The minimum absolute atomic E-state index is 0.177. The average molecular weight is 344 g/mol. The molecule has 0 bridgehead atoms. The van der Waals surface area contributed by atoms with Crippen LogP contribution in [0.25, 0.3) is 0 Å². The normalized spacial score (nSPS) is 11.5. The molecule has 2 aromatic carbocycles. The molecule has 2 aromatic rings. The Morgan fingerprint density at radius 1 is 1.12 bits per heavy atom. The van der Waals surface area contributed by atoms with Crippen LogP contribution in [-0.4, -0.2) is 30.8 Å². The van der Waals surface area contributed by atoms with Crippen molar-refractivity contribution in [2.75, 3.05) is 18.6 Å². The van der Waals surface area contributed by atoms with Crippen molar-refractivity contribution in [2.24, 2.45) is 0 Å². The van der Waals surface area contributed by atoms with Gasteiger partial charge in [-0.2, -0.15) is 0 Å². The van der Waals surface area contributed by atoms with Crippen molar-refractivity contribution in [1.29, 1.82) is 0 Å². The SMILES string of the molecule is COC(=O)[C@@H](Cc1ccccc1)NC(=O)CSc1ccccc1N. The van der Waals surface area contributed by atoms with Crippen LogP contribution in [0.3, 0.4) is 0 Å². The van der Waals surface area contributed by atoms with Gasteiger partial charge in [-0.25, -0.2) is 4.79 Å². The summed E-state index contributed by atoms with van der Waals surface area (Å²) in [6, 6.07) is 16.1. The number of thioether (sulfide) groups is 1. The number of nitrogen functional groups attached to an aromatic ring is 1. The first-order valence-electron chi connectivity index (χ1n) is 7.48. The van der Waals surface area contributed by atoms with Crippen LogP contribution in [0, 0.1) is 0 Å². The molecule has 24 heavy (non-hydrogen) atoms. The van der Waals surface area contributed by atoms with Crippen LogP contribution >= 0.6 is 11.8 Å². The summed E-state index contributed by atoms with van der Waals surface area (Å²) in [5.74, 6) is -0.526. The first-order chi connectivity index (χ1) is 11.6. The van der Waals surface area contributed by atoms with Gasteiger partial charge in [-0.05, 0) is 17.7 Å². The molecule has 0 saturated carbocycles. The molecule has 6 heteroatoms. The number of carbonyl (C=O) groups is 2.